The van der Waals surface area contributed by atoms with Crippen molar-refractivity contribution in [2.75, 3.05) is 6.61 Å². The molecular weight excluding hydrogens is 198 g/mol. The van der Waals surface area contributed by atoms with E-state index in [-0.39, 0.29) is 5.91 Å². The average molecular weight is 215 g/mol. The summed E-state index contributed by atoms with van der Waals surface area (Å²) in [5, 5.41) is 11.5. The predicted molar refractivity (Wildman–Crippen MR) is 53.4 cm³/mol. The molecular formula is C10H17NO4. The third-order valence-electron chi connectivity index (χ3n) is 2.76. The molecule has 0 aromatic carbocycles. The Balaban J connectivity index is 2.52. The van der Waals surface area contributed by atoms with Gasteiger partial charge in [-0.1, -0.05) is 0 Å². The number of carbonyl (C=O) groups is 2. The Labute approximate surface area is 88.8 Å². The van der Waals surface area contributed by atoms with Gasteiger partial charge in [-0.2, -0.15) is 0 Å². The summed E-state index contributed by atoms with van der Waals surface area (Å²) in [5.41, 5.74) is -1.04. The molecule has 5 nitrogen and oxygen atoms in total. The summed E-state index contributed by atoms with van der Waals surface area (Å²) in [5.74, 6) is -1.30. The Bertz CT molecular complexity index is 260. The number of carboxylic acids is 1. The van der Waals surface area contributed by atoms with Crippen molar-refractivity contribution in [3.8, 4) is 0 Å². The number of hydrogen-bond donors (Lipinski definition) is 2. The Kier molecular flexibility index (Phi) is 3.68. The second kappa shape index (κ2) is 4.61. The van der Waals surface area contributed by atoms with Crippen molar-refractivity contribution >= 4 is 11.9 Å². The Morgan fingerprint density at radius 3 is 2.47 bits per heavy atom. The van der Waals surface area contributed by atoms with Crippen LogP contribution in [0.2, 0.25) is 0 Å². The standard InChI is InChI=1S/C10H17NO4/c1-3-15-7(2)8(12)11-10(9(13)14)5-4-6-10/h7H,3-6H2,1-2H3,(H,11,12)(H,13,14). The van der Waals surface area contributed by atoms with E-state index in [1.807, 2.05) is 0 Å². The van der Waals surface area contributed by atoms with E-state index in [0.29, 0.717) is 19.4 Å². The van der Waals surface area contributed by atoms with Gasteiger partial charge in [-0.05, 0) is 33.1 Å². The fourth-order valence-corrected chi connectivity index (χ4v) is 1.59. The molecule has 1 unspecified atom stereocenters. The third-order valence-corrected chi connectivity index (χ3v) is 2.76. The van der Waals surface area contributed by atoms with Gasteiger partial charge in [0.25, 0.3) is 0 Å². The van der Waals surface area contributed by atoms with Crippen LogP contribution in [0.15, 0.2) is 0 Å². The summed E-state index contributed by atoms with van der Waals surface area (Å²) in [7, 11) is 0. The normalized spacial score (nSPS) is 20.1. The molecule has 1 fully saturated rings. The monoisotopic (exact) mass is 215 g/mol. The highest BCUT2D eigenvalue weighted by atomic mass is 16.5. The molecule has 86 valence electrons. The van der Waals surface area contributed by atoms with Crippen LogP contribution in [-0.2, 0) is 14.3 Å². The fourth-order valence-electron chi connectivity index (χ4n) is 1.59. The Morgan fingerprint density at radius 1 is 1.53 bits per heavy atom. The van der Waals surface area contributed by atoms with E-state index < -0.39 is 17.6 Å². The van der Waals surface area contributed by atoms with E-state index in [9.17, 15) is 9.59 Å². The highest BCUT2D eigenvalue weighted by Gasteiger charge is 2.46. The molecule has 0 bridgehead atoms. The number of aliphatic carboxylic acids is 1. The molecule has 1 saturated carbocycles. The summed E-state index contributed by atoms with van der Waals surface area (Å²) < 4.78 is 5.09. The average Bonchev–Trinajstić information content (AvgIpc) is 2.10. The third kappa shape index (κ3) is 2.47. The van der Waals surface area contributed by atoms with Crippen molar-refractivity contribution in [2.45, 2.75) is 44.8 Å². The maximum atomic E-state index is 11.5. The zero-order valence-corrected chi connectivity index (χ0v) is 9.08. The molecule has 0 aliphatic heterocycles. The van der Waals surface area contributed by atoms with Crippen LogP contribution in [-0.4, -0.2) is 35.2 Å². The van der Waals surface area contributed by atoms with Gasteiger partial charge < -0.3 is 15.2 Å². The summed E-state index contributed by atoms with van der Waals surface area (Å²) in [6.45, 7) is 3.85. The number of carboxylic acid groups (broad SMARTS) is 1. The van der Waals surface area contributed by atoms with E-state index in [1.165, 1.54) is 0 Å². The van der Waals surface area contributed by atoms with Crippen LogP contribution in [0.4, 0.5) is 0 Å². The molecule has 0 saturated heterocycles. The fraction of sp³-hybridized carbons (Fsp3) is 0.800. The van der Waals surface area contributed by atoms with Crippen molar-refractivity contribution in [1.82, 2.24) is 5.32 Å². The number of rotatable bonds is 5. The maximum absolute atomic E-state index is 11.5. The molecule has 1 rings (SSSR count). The van der Waals surface area contributed by atoms with Gasteiger partial charge in [0.15, 0.2) is 0 Å². The largest absolute Gasteiger partial charge is 0.480 e. The SMILES string of the molecule is CCOC(C)C(=O)NC1(C(=O)O)CCC1. The predicted octanol–water partition coefficient (Wildman–Crippen LogP) is 0.535. The number of carbonyl (C=O) groups excluding carboxylic acids is 1. The molecule has 1 atom stereocenters. The molecule has 0 spiro atoms. The number of hydrogen-bond acceptors (Lipinski definition) is 3. The van der Waals surface area contributed by atoms with Crippen LogP contribution in [0.3, 0.4) is 0 Å². The van der Waals surface area contributed by atoms with Crippen LogP contribution >= 0.6 is 0 Å². The lowest BCUT2D eigenvalue weighted by Gasteiger charge is -2.38. The molecule has 15 heavy (non-hydrogen) atoms. The van der Waals surface area contributed by atoms with Crippen molar-refractivity contribution in [1.29, 1.82) is 0 Å². The van der Waals surface area contributed by atoms with Crippen LogP contribution < -0.4 is 5.32 Å². The van der Waals surface area contributed by atoms with Gasteiger partial charge >= 0.3 is 5.97 Å². The maximum Gasteiger partial charge on any atom is 0.329 e. The van der Waals surface area contributed by atoms with E-state index in [0.717, 1.165) is 6.42 Å². The quantitative estimate of drug-likeness (QED) is 0.701. The van der Waals surface area contributed by atoms with Crippen molar-refractivity contribution < 1.29 is 19.4 Å². The van der Waals surface area contributed by atoms with Gasteiger partial charge in [0.2, 0.25) is 5.91 Å². The molecule has 1 amide bonds. The number of amides is 1. The second-order valence-corrected chi connectivity index (χ2v) is 3.83. The lowest BCUT2D eigenvalue weighted by molar-refractivity contribution is -0.153. The van der Waals surface area contributed by atoms with Gasteiger partial charge in [0, 0.05) is 6.61 Å². The zero-order valence-electron chi connectivity index (χ0n) is 9.08. The summed E-state index contributed by atoms with van der Waals surface area (Å²) >= 11 is 0. The van der Waals surface area contributed by atoms with Crippen LogP contribution in [0.25, 0.3) is 0 Å². The Morgan fingerprint density at radius 2 is 2.13 bits per heavy atom. The topological polar surface area (TPSA) is 75.6 Å². The molecule has 0 heterocycles. The first-order valence-corrected chi connectivity index (χ1v) is 5.19. The minimum absolute atomic E-state index is 0.348. The first-order valence-electron chi connectivity index (χ1n) is 5.19. The van der Waals surface area contributed by atoms with E-state index in [4.69, 9.17) is 9.84 Å². The summed E-state index contributed by atoms with van der Waals surface area (Å²) in [6, 6.07) is 0. The first kappa shape index (κ1) is 12.0. The summed E-state index contributed by atoms with van der Waals surface area (Å²) in [6.07, 6.45) is 1.27. The van der Waals surface area contributed by atoms with Gasteiger partial charge in [-0.15, -0.1) is 0 Å². The smallest absolute Gasteiger partial charge is 0.329 e. The highest BCUT2D eigenvalue weighted by molar-refractivity contribution is 5.89. The lowest BCUT2D eigenvalue weighted by Crippen LogP contribution is -2.60. The zero-order chi connectivity index (χ0) is 11.5. The van der Waals surface area contributed by atoms with Crippen molar-refractivity contribution in [2.24, 2.45) is 0 Å². The number of ether oxygens (including phenoxy) is 1. The van der Waals surface area contributed by atoms with Crippen LogP contribution in [0, 0.1) is 0 Å². The summed E-state index contributed by atoms with van der Waals surface area (Å²) in [4.78, 5) is 22.5. The minimum atomic E-state index is -1.04. The van der Waals surface area contributed by atoms with E-state index in [2.05, 4.69) is 5.32 Å². The molecule has 0 aromatic rings. The highest BCUT2D eigenvalue weighted by Crippen LogP contribution is 2.32. The van der Waals surface area contributed by atoms with E-state index >= 15 is 0 Å². The molecule has 5 heteroatoms. The molecule has 1 aliphatic rings. The number of nitrogens with one attached hydrogen (secondary N) is 1. The van der Waals surface area contributed by atoms with Gasteiger partial charge in [0.05, 0.1) is 0 Å². The van der Waals surface area contributed by atoms with E-state index in [1.54, 1.807) is 13.8 Å². The Hall–Kier alpha value is -1.10. The van der Waals surface area contributed by atoms with Gasteiger partial charge in [0.1, 0.15) is 11.6 Å². The molecule has 2 N–H and O–H groups in total. The lowest BCUT2D eigenvalue weighted by atomic mass is 9.76. The van der Waals surface area contributed by atoms with Crippen molar-refractivity contribution in [3.63, 3.8) is 0 Å². The second-order valence-electron chi connectivity index (χ2n) is 3.83. The molecule has 0 radical (unpaired) electrons. The minimum Gasteiger partial charge on any atom is -0.480 e. The van der Waals surface area contributed by atoms with Gasteiger partial charge in [-0.25, -0.2) is 4.79 Å². The van der Waals surface area contributed by atoms with Gasteiger partial charge in [-0.3, -0.25) is 4.79 Å². The first-order chi connectivity index (χ1) is 7.02. The van der Waals surface area contributed by atoms with Crippen molar-refractivity contribution in [3.05, 3.63) is 0 Å². The molecule has 1 aliphatic carbocycles. The molecule has 0 aromatic heterocycles. The van der Waals surface area contributed by atoms with Crippen LogP contribution in [0.1, 0.15) is 33.1 Å². The van der Waals surface area contributed by atoms with Crippen LogP contribution in [0.5, 0.6) is 0 Å².